The first-order valence-corrected chi connectivity index (χ1v) is 6.35. The van der Waals surface area contributed by atoms with E-state index in [9.17, 15) is 5.11 Å². The van der Waals surface area contributed by atoms with Crippen LogP contribution in [0.1, 0.15) is 25.3 Å². The fourth-order valence-electron chi connectivity index (χ4n) is 2.21. The van der Waals surface area contributed by atoms with Crippen molar-refractivity contribution in [2.24, 2.45) is 11.3 Å². The monoisotopic (exact) mass is 258 g/mol. The van der Waals surface area contributed by atoms with Crippen LogP contribution in [0, 0.1) is 11.3 Å². The van der Waals surface area contributed by atoms with E-state index in [0.717, 1.165) is 12.0 Å². The van der Waals surface area contributed by atoms with Crippen LogP contribution in [-0.2, 0) is 6.42 Å². The summed E-state index contributed by atoms with van der Waals surface area (Å²) >= 11 is 12.0. The predicted octanol–water partition coefficient (Wildman–Crippen LogP) is 3.94. The summed E-state index contributed by atoms with van der Waals surface area (Å²) < 4.78 is 0. The summed E-state index contributed by atoms with van der Waals surface area (Å²) in [4.78, 5) is 0. The number of hydrogen-bond donors (Lipinski definition) is 1. The summed E-state index contributed by atoms with van der Waals surface area (Å²) in [5.41, 5.74) is 1.05. The molecule has 1 aromatic rings. The average Bonchev–Trinajstić information content (AvgIpc) is 3.06. The highest BCUT2D eigenvalue weighted by atomic mass is 35.5. The first-order valence-electron chi connectivity index (χ1n) is 5.60. The molecule has 1 aliphatic rings. The summed E-state index contributed by atoms with van der Waals surface area (Å²) in [5, 5.41) is 10.9. The Labute approximate surface area is 106 Å². The fraction of sp³-hybridized carbons (Fsp3) is 0.538. The molecule has 0 radical (unpaired) electrons. The van der Waals surface area contributed by atoms with Crippen LogP contribution >= 0.6 is 23.2 Å². The van der Waals surface area contributed by atoms with Crippen molar-refractivity contribution < 1.29 is 5.11 Å². The van der Waals surface area contributed by atoms with E-state index in [2.05, 4.69) is 6.92 Å². The molecule has 1 aliphatic carbocycles. The van der Waals surface area contributed by atoms with Gasteiger partial charge in [0.05, 0.1) is 0 Å². The number of halogens is 2. The van der Waals surface area contributed by atoms with Gasteiger partial charge in [0.2, 0.25) is 0 Å². The molecular formula is C13H16Cl2O. The minimum atomic E-state index is -0.0303. The summed E-state index contributed by atoms with van der Waals surface area (Å²) in [7, 11) is 0. The van der Waals surface area contributed by atoms with Gasteiger partial charge in [0.1, 0.15) is 0 Å². The van der Waals surface area contributed by atoms with Crippen molar-refractivity contribution in [1.82, 2.24) is 0 Å². The van der Waals surface area contributed by atoms with Gasteiger partial charge in [-0.25, -0.2) is 0 Å². The largest absolute Gasteiger partial charge is 0.396 e. The Balaban J connectivity index is 2.18. The molecule has 0 aromatic heterocycles. The van der Waals surface area contributed by atoms with Gasteiger partial charge in [0, 0.05) is 16.7 Å². The van der Waals surface area contributed by atoms with Crippen molar-refractivity contribution in [1.29, 1.82) is 0 Å². The SMILES string of the molecule is CC(CO)(Cc1ccc(Cl)cc1Cl)C1CC1. The van der Waals surface area contributed by atoms with Crippen LogP contribution in [0.3, 0.4) is 0 Å². The molecule has 1 saturated carbocycles. The third-order valence-electron chi connectivity index (χ3n) is 3.53. The van der Waals surface area contributed by atoms with Gasteiger partial charge >= 0.3 is 0 Å². The minimum Gasteiger partial charge on any atom is -0.396 e. The molecule has 1 nitrogen and oxygen atoms in total. The maximum Gasteiger partial charge on any atom is 0.0490 e. The van der Waals surface area contributed by atoms with Crippen LogP contribution in [0.5, 0.6) is 0 Å². The van der Waals surface area contributed by atoms with Crippen molar-refractivity contribution in [3.05, 3.63) is 33.8 Å². The highest BCUT2D eigenvalue weighted by molar-refractivity contribution is 6.35. The van der Waals surface area contributed by atoms with Crippen molar-refractivity contribution in [2.75, 3.05) is 6.61 Å². The summed E-state index contributed by atoms with van der Waals surface area (Å²) in [6.07, 6.45) is 3.27. The highest BCUT2D eigenvalue weighted by Gasteiger charge is 2.41. The van der Waals surface area contributed by atoms with E-state index in [1.807, 2.05) is 12.1 Å². The van der Waals surface area contributed by atoms with E-state index in [1.54, 1.807) is 6.07 Å². The zero-order valence-corrected chi connectivity index (χ0v) is 10.9. The number of aliphatic hydroxyl groups excluding tert-OH is 1. The molecule has 3 heteroatoms. The molecule has 0 spiro atoms. The van der Waals surface area contributed by atoms with Gasteiger partial charge in [-0.1, -0.05) is 36.2 Å². The van der Waals surface area contributed by atoms with Crippen LogP contribution in [0.25, 0.3) is 0 Å². The van der Waals surface area contributed by atoms with Crippen LogP contribution in [-0.4, -0.2) is 11.7 Å². The number of rotatable bonds is 4. The maximum atomic E-state index is 9.53. The van der Waals surface area contributed by atoms with E-state index in [0.29, 0.717) is 16.0 Å². The summed E-state index contributed by atoms with van der Waals surface area (Å²) in [5.74, 6) is 0.643. The quantitative estimate of drug-likeness (QED) is 0.868. The maximum absolute atomic E-state index is 9.53. The van der Waals surface area contributed by atoms with Gasteiger partial charge in [0.25, 0.3) is 0 Å². The first kappa shape index (κ1) is 12.2. The van der Waals surface area contributed by atoms with E-state index in [1.165, 1.54) is 12.8 Å². The smallest absolute Gasteiger partial charge is 0.0490 e. The van der Waals surface area contributed by atoms with Gasteiger partial charge in [-0.15, -0.1) is 0 Å². The molecule has 1 aromatic carbocycles. The lowest BCUT2D eigenvalue weighted by molar-refractivity contribution is 0.119. The van der Waals surface area contributed by atoms with Crippen molar-refractivity contribution in [3.8, 4) is 0 Å². The zero-order valence-electron chi connectivity index (χ0n) is 9.34. The summed E-state index contributed by atoms with van der Waals surface area (Å²) in [6.45, 7) is 2.35. The van der Waals surface area contributed by atoms with E-state index >= 15 is 0 Å². The van der Waals surface area contributed by atoms with Crippen LogP contribution in [0.15, 0.2) is 18.2 Å². The van der Waals surface area contributed by atoms with E-state index < -0.39 is 0 Å². The number of benzene rings is 1. The minimum absolute atomic E-state index is 0.0303. The normalized spacial score (nSPS) is 19.5. The summed E-state index contributed by atoms with van der Waals surface area (Å²) in [6, 6.07) is 5.58. The molecule has 1 N–H and O–H groups in total. The Morgan fingerprint density at radius 3 is 2.56 bits per heavy atom. The molecule has 16 heavy (non-hydrogen) atoms. The Morgan fingerprint density at radius 2 is 2.06 bits per heavy atom. The number of aliphatic hydroxyl groups is 1. The first-order chi connectivity index (χ1) is 7.55. The standard InChI is InChI=1S/C13H16Cl2O/c1-13(8-16,10-3-4-10)7-9-2-5-11(14)6-12(9)15/h2,5-6,10,16H,3-4,7-8H2,1H3. The molecule has 1 fully saturated rings. The zero-order chi connectivity index (χ0) is 11.8. The molecule has 1 unspecified atom stereocenters. The molecule has 0 heterocycles. The second-order valence-electron chi connectivity index (χ2n) is 5.00. The lowest BCUT2D eigenvalue weighted by Gasteiger charge is -2.27. The molecular weight excluding hydrogens is 243 g/mol. The Hall–Kier alpha value is -0.240. The van der Waals surface area contributed by atoms with Crippen molar-refractivity contribution >= 4 is 23.2 Å². The third-order valence-corrected chi connectivity index (χ3v) is 4.12. The van der Waals surface area contributed by atoms with Gasteiger partial charge in [-0.2, -0.15) is 0 Å². The molecule has 0 amide bonds. The van der Waals surface area contributed by atoms with Crippen LogP contribution in [0.2, 0.25) is 10.0 Å². The van der Waals surface area contributed by atoms with Gasteiger partial charge in [-0.05, 0) is 48.3 Å². The second-order valence-corrected chi connectivity index (χ2v) is 5.84. The topological polar surface area (TPSA) is 20.2 Å². The molecule has 88 valence electrons. The predicted molar refractivity (Wildman–Crippen MR) is 68.1 cm³/mol. The molecule has 1 atom stereocenters. The molecule has 0 aliphatic heterocycles. The van der Waals surface area contributed by atoms with E-state index in [4.69, 9.17) is 23.2 Å². The van der Waals surface area contributed by atoms with Crippen molar-refractivity contribution in [3.63, 3.8) is 0 Å². The lowest BCUT2D eigenvalue weighted by Crippen LogP contribution is -2.26. The third kappa shape index (κ3) is 2.53. The molecule has 0 bridgehead atoms. The average molecular weight is 259 g/mol. The van der Waals surface area contributed by atoms with Crippen molar-refractivity contribution in [2.45, 2.75) is 26.2 Å². The molecule has 0 saturated heterocycles. The fourth-order valence-corrected chi connectivity index (χ4v) is 2.69. The number of hydrogen-bond acceptors (Lipinski definition) is 1. The lowest BCUT2D eigenvalue weighted by atomic mass is 9.80. The van der Waals surface area contributed by atoms with Gasteiger partial charge < -0.3 is 5.11 Å². The van der Waals surface area contributed by atoms with Gasteiger partial charge in [0.15, 0.2) is 0 Å². The second kappa shape index (κ2) is 4.56. The highest BCUT2D eigenvalue weighted by Crippen LogP contribution is 2.47. The Morgan fingerprint density at radius 1 is 1.38 bits per heavy atom. The Bertz CT molecular complexity index is 388. The van der Waals surface area contributed by atoms with Crippen LogP contribution < -0.4 is 0 Å². The van der Waals surface area contributed by atoms with Crippen LogP contribution in [0.4, 0.5) is 0 Å². The van der Waals surface area contributed by atoms with Gasteiger partial charge in [-0.3, -0.25) is 0 Å². The Kier molecular flexibility index (Phi) is 3.48. The molecule has 2 rings (SSSR count). The van der Waals surface area contributed by atoms with E-state index in [-0.39, 0.29) is 12.0 Å².